The van der Waals surface area contributed by atoms with Gasteiger partial charge in [0, 0.05) is 70.2 Å². The van der Waals surface area contributed by atoms with Crippen LogP contribution in [0.2, 0.25) is 0 Å². The third kappa shape index (κ3) is 4.25. The summed E-state index contributed by atoms with van der Waals surface area (Å²) in [6.07, 6.45) is 6.83. The van der Waals surface area contributed by atoms with E-state index in [4.69, 9.17) is 0 Å². The molecule has 2 atom stereocenters. The maximum absolute atomic E-state index is 14.2. The second-order valence-electron chi connectivity index (χ2n) is 12.8. The van der Waals surface area contributed by atoms with Gasteiger partial charge in [-0.1, -0.05) is 97.4 Å². The average Bonchev–Trinajstić information content (AvgIpc) is 3.05. The minimum Gasteiger partial charge on any atom is -0.271 e. The molecule has 2 unspecified atom stereocenters. The first-order valence-electron chi connectivity index (χ1n) is 16.5. The maximum atomic E-state index is 14.2. The number of hydrogen-bond donors (Lipinski definition) is 0. The summed E-state index contributed by atoms with van der Waals surface area (Å²) in [6.45, 7) is 8.29. The van der Waals surface area contributed by atoms with Crippen molar-refractivity contribution in [3.05, 3.63) is 67.6 Å². The van der Waals surface area contributed by atoms with Gasteiger partial charge < -0.3 is 0 Å². The van der Waals surface area contributed by atoms with Gasteiger partial charge in [0.2, 0.25) is 0 Å². The summed E-state index contributed by atoms with van der Waals surface area (Å²) in [5, 5.41) is 6.46. The molecule has 0 aromatic heterocycles. The Labute approximate surface area is 285 Å². The SMILES string of the molecule is CCCCC(CC)N1C(=O)c2ccc3c4c(Br)cc5c6c(cc(Br)c(c7ccc(c2c37)C1=O)c64)C(=O)N(C(CC)CCCC)C5=O. The summed E-state index contributed by atoms with van der Waals surface area (Å²) < 4.78 is 1.47. The predicted octanol–water partition coefficient (Wildman–Crippen LogP) is 10.4. The van der Waals surface area contributed by atoms with E-state index in [0.717, 1.165) is 79.8 Å². The van der Waals surface area contributed by atoms with E-state index in [1.807, 2.05) is 50.2 Å². The van der Waals surface area contributed by atoms with Crippen LogP contribution in [0.1, 0.15) is 120 Å². The van der Waals surface area contributed by atoms with Crippen LogP contribution in [-0.4, -0.2) is 45.5 Å². The lowest BCUT2D eigenvalue weighted by Gasteiger charge is -2.35. The van der Waals surface area contributed by atoms with Crippen molar-refractivity contribution in [2.75, 3.05) is 0 Å². The molecule has 5 aromatic rings. The number of benzene rings is 5. The molecule has 2 aliphatic rings. The van der Waals surface area contributed by atoms with Crippen LogP contribution in [-0.2, 0) is 0 Å². The number of imide groups is 2. The van der Waals surface area contributed by atoms with Crippen LogP contribution >= 0.6 is 31.9 Å². The summed E-state index contributed by atoms with van der Waals surface area (Å²) in [4.78, 5) is 59.4. The van der Waals surface area contributed by atoms with Gasteiger partial charge in [-0.2, -0.15) is 0 Å². The van der Waals surface area contributed by atoms with E-state index in [9.17, 15) is 19.2 Å². The molecule has 5 aromatic carbocycles. The Kier molecular flexibility index (Phi) is 7.95. The van der Waals surface area contributed by atoms with Gasteiger partial charge in [-0.25, -0.2) is 0 Å². The second-order valence-corrected chi connectivity index (χ2v) is 14.5. The smallest absolute Gasteiger partial charge is 0.261 e. The Balaban J connectivity index is 1.52. The van der Waals surface area contributed by atoms with Crippen LogP contribution in [0.4, 0.5) is 0 Å². The fourth-order valence-electron chi connectivity index (χ4n) is 7.98. The van der Waals surface area contributed by atoms with E-state index in [-0.39, 0.29) is 35.7 Å². The first-order chi connectivity index (χ1) is 22.2. The van der Waals surface area contributed by atoms with Gasteiger partial charge in [-0.05, 0) is 66.1 Å². The molecule has 0 saturated carbocycles. The topological polar surface area (TPSA) is 74.8 Å². The zero-order valence-electron chi connectivity index (χ0n) is 26.6. The fourth-order valence-corrected chi connectivity index (χ4v) is 9.26. The molecule has 0 N–H and O–H groups in total. The van der Waals surface area contributed by atoms with Crippen LogP contribution in [0.25, 0.3) is 43.1 Å². The van der Waals surface area contributed by atoms with Crippen molar-refractivity contribution in [2.45, 2.75) is 91.1 Å². The highest BCUT2D eigenvalue weighted by Crippen LogP contribution is 2.51. The molecule has 0 fully saturated rings. The van der Waals surface area contributed by atoms with E-state index in [2.05, 4.69) is 45.7 Å². The van der Waals surface area contributed by atoms with Crippen molar-refractivity contribution in [1.82, 2.24) is 9.80 Å². The van der Waals surface area contributed by atoms with Gasteiger partial charge in [0.05, 0.1) is 0 Å². The molecule has 0 aliphatic carbocycles. The van der Waals surface area contributed by atoms with Gasteiger partial charge in [0.25, 0.3) is 23.6 Å². The predicted molar refractivity (Wildman–Crippen MR) is 191 cm³/mol. The minimum absolute atomic E-state index is 0.153. The van der Waals surface area contributed by atoms with Gasteiger partial charge in [0.15, 0.2) is 0 Å². The summed E-state index contributed by atoms with van der Waals surface area (Å²) in [7, 11) is 0. The number of unbranched alkanes of at least 4 members (excludes halogenated alkanes) is 2. The molecule has 2 aliphatic heterocycles. The Morgan fingerprint density at radius 1 is 0.522 bits per heavy atom. The fraction of sp³-hybridized carbons (Fsp3) is 0.368. The van der Waals surface area contributed by atoms with Crippen molar-refractivity contribution in [1.29, 1.82) is 0 Å². The zero-order valence-corrected chi connectivity index (χ0v) is 29.7. The second kappa shape index (κ2) is 11.7. The van der Waals surface area contributed by atoms with Gasteiger partial charge in [-0.3, -0.25) is 29.0 Å². The minimum atomic E-state index is -0.262. The molecule has 0 radical (unpaired) electrons. The van der Waals surface area contributed by atoms with Gasteiger partial charge >= 0.3 is 0 Å². The highest BCUT2D eigenvalue weighted by atomic mass is 79.9. The number of nitrogens with zero attached hydrogens (tertiary/aromatic N) is 2. The maximum Gasteiger partial charge on any atom is 0.261 e. The molecule has 0 spiro atoms. The Morgan fingerprint density at radius 2 is 0.913 bits per heavy atom. The molecule has 236 valence electrons. The number of halogens is 2. The van der Waals surface area contributed by atoms with E-state index in [0.29, 0.717) is 45.9 Å². The highest BCUT2D eigenvalue weighted by Gasteiger charge is 2.41. The van der Waals surface area contributed by atoms with Crippen molar-refractivity contribution in [3.63, 3.8) is 0 Å². The van der Waals surface area contributed by atoms with Crippen molar-refractivity contribution in [2.24, 2.45) is 0 Å². The molecule has 46 heavy (non-hydrogen) atoms. The summed E-state index contributed by atoms with van der Waals surface area (Å²) in [6, 6.07) is 11.0. The third-order valence-electron chi connectivity index (χ3n) is 10.3. The molecular weight excluding hydrogens is 708 g/mol. The normalized spacial score (nSPS) is 16.2. The lowest BCUT2D eigenvalue weighted by atomic mass is 9.81. The number of amides is 4. The highest BCUT2D eigenvalue weighted by molar-refractivity contribution is 9.11. The Hall–Kier alpha value is -3.36. The number of fused-ring (bicyclic) bond motifs is 2. The molecule has 8 heteroatoms. The van der Waals surface area contributed by atoms with Crippen LogP contribution in [0.5, 0.6) is 0 Å². The monoisotopic (exact) mass is 742 g/mol. The van der Waals surface area contributed by atoms with Crippen LogP contribution in [0.15, 0.2) is 45.3 Å². The van der Waals surface area contributed by atoms with Gasteiger partial charge in [0.1, 0.15) is 0 Å². The van der Waals surface area contributed by atoms with Crippen molar-refractivity contribution >= 4 is 98.6 Å². The standard InChI is InChI=1S/C38H36Br2N2O4/c1-5-9-11-19(7-3)41-35(43)23-15-13-21-29-22(14-16-24(30(23)29)36(41)44)33-28(40)18-26-31-25(17-27(39)32(21)34(31)33)37(45)42(38(26)46)20(8-4)12-10-6-2/h13-20H,5-12H2,1-4H3. The number of carbonyl (C=O) groups is 4. The largest absolute Gasteiger partial charge is 0.271 e. The third-order valence-corrected chi connectivity index (χ3v) is 11.5. The summed E-state index contributed by atoms with van der Waals surface area (Å²) in [5.41, 5.74) is 2.09. The van der Waals surface area contributed by atoms with E-state index in [1.165, 1.54) is 9.80 Å². The van der Waals surface area contributed by atoms with Crippen molar-refractivity contribution < 1.29 is 19.2 Å². The summed E-state index contributed by atoms with van der Waals surface area (Å²) in [5.74, 6) is -1.02. The van der Waals surface area contributed by atoms with Crippen LogP contribution in [0, 0.1) is 0 Å². The first-order valence-corrected chi connectivity index (χ1v) is 18.1. The first kappa shape index (κ1) is 31.3. The molecule has 0 bridgehead atoms. The molecular formula is C38H36Br2N2O4. The number of hydrogen-bond acceptors (Lipinski definition) is 4. The molecule has 2 heterocycles. The molecule has 7 rings (SSSR count). The van der Waals surface area contributed by atoms with Gasteiger partial charge in [-0.15, -0.1) is 0 Å². The molecule has 0 saturated heterocycles. The number of carbonyl (C=O) groups excluding carboxylic acids is 4. The quantitative estimate of drug-likeness (QED) is 0.0811. The lowest BCUT2D eigenvalue weighted by molar-refractivity contribution is 0.0508. The van der Waals surface area contributed by atoms with E-state index >= 15 is 0 Å². The van der Waals surface area contributed by atoms with E-state index in [1.54, 1.807) is 0 Å². The Bertz CT molecular complexity index is 2010. The van der Waals surface area contributed by atoms with E-state index < -0.39 is 0 Å². The summed E-state index contributed by atoms with van der Waals surface area (Å²) >= 11 is 7.65. The van der Waals surface area contributed by atoms with Crippen molar-refractivity contribution in [3.8, 4) is 0 Å². The molecule has 6 nitrogen and oxygen atoms in total. The lowest BCUT2D eigenvalue weighted by Crippen LogP contribution is -2.47. The Morgan fingerprint density at radius 3 is 1.30 bits per heavy atom. The zero-order chi connectivity index (χ0) is 32.6. The van der Waals surface area contributed by atoms with Crippen LogP contribution < -0.4 is 0 Å². The van der Waals surface area contributed by atoms with Crippen LogP contribution in [0.3, 0.4) is 0 Å². The number of rotatable bonds is 10. The molecule has 4 amide bonds. The average molecular weight is 745 g/mol.